The van der Waals surface area contributed by atoms with Gasteiger partial charge in [0.15, 0.2) is 0 Å². The number of thiophene rings is 1. The molecule has 1 aromatic heterocycles. The quantitative estimate of drug-likeness (QED) is 0.437. The molecule has 38 heavy (non-hydrogen) atoms. The molecule has 1 aliphatic heterocycles. The van der Waals surface area contributed by atoms with Crippen LogP contribution in [0.5, 0.6) is 0 Å². The number of nitrogens with zero attached hydrogens (tertiary/aromatic N) is 2. The largest absolute Gasteiger partial charge is 0.370 e. The summed E-state index contributed by atoms with van der Waals surface area (Å²) in [6.07, 6.45) is 0. The topological polar surface area (TPSA) is 91.0 Å². The zero-order valence-corrected chi connectivity index (χ0v) is 24.0. The first-order chi connectivity index (χ1) is 17.8. The van der Waals surface area contributed by atoms with E-state index in [1.807, 2.05) is 4.90 Å². The number of morpholine rings is 1. The van der Waals surface area contributed by atoms with Crippen molar-refractivity contribution in [2.75, 3.05) is 49.6 Å². The number of hydrogen-bond donors (Lipinski definition) is 2. The highest BCUT2D eigenvalue weighted by atomic mass is 35.5. The fraction of sp³-hybridized carbons (Fsp3) is 0.519. The van der Waals surface area contributed by atoms with E-state index in [2.05, 4.69) is 45.3 Å². The zero-order valence-electron chi connectivity index (χ0n) is 22.5. The smallest absolute Gasteiger partial charge is 0.261 e. The van der Waals surface area contributed by atoms with E-state index >= 15 is 4.39 Å². The number of carbonyl (C=O) groups excluding carboxylic acids is 3. The minimum atomic E-state index is -0.754. The maximum absolute atomic E-state index is 15.1. The van der Waals surface area contributed by atoms with Crippen LogP contribution in [0, 0.1) is 17.2 Å². The minimum absolute atomic E-state index is 0.000999. The number of halogens is 2. The van der Waals surface area contributed by atoms with Gasteiger partial charge in [0.1, 0.15) is 18.5 Å². The molecule has 0 saturated carbocycles. The van der Waals surface area contributed by atoms with Crippen LogP contribution >= 0.6 is 22.9 Å². The Morgan fingerprint density at radius 2 is 1.97 bits per heavy atom. The third-order valence-electron chi connectivity index (χ3n) is 5.78. The highest BCUT2D eigenvalue weighted by molar-refractivity contribution is 7.18. The van der Waals surface area contributed by atoms with Crippen LogP contribution in [0.1, 0.15) is 44.3 Å². The Balaban J connectivity index is 1.82. The van der Waals surface area contributed by atoms with Gasteiger partial charge < -0.3 is 20.3 Å². The second-order valence-electron chi connectivity index (χ2n) is 11.0. The van der Waals surface area contributed by atoms with Crippen LogP contribution in [0.25, 0.3) is 0 Å². The van der Waals surface area contributed by atoms with E-state index in [0.717, 1.165) is 11.3 Å². The number of ether oxygens (including phenoxy) is 1. The predicted octanol–water partition coefficient (Wildman–Crippen LogP) is 4.65. The van der Waals surface area contributed by atoms with E-state index in [1.165, 1.54) is 17.0 Å². The Kier molecular flexibility index (Phi) is 10.3. The lowest BCUT2D eigenvalue weighted by Gasteiger charge is -2.36. The highest BCUT2D eigenvalue weighted by Gasteiger charge is 2.31. The molecule has 1 fully saturated rings. The van der Waals surface area contributed by atoms with Crippen molar-refractivity contribution in [3.63, 3.8) is 0 Å². The maximum Gasteiger partial charge on any atom is 0.261 e. The van der Waals surface area contributed by atoms with E-state index in [-0.39, 0.29) is 42.0 Å². The summed E-state index contributed by atoms with van der Waals surface area (Å²) in [4.78, 5) is 42.4. The van der Waals surface area contributed by atoms with Crippen molar-refractivity contribution >= 4 is 52.0 Å². The fourth-order valence-electron chi connectivity index (χ4n) is 4.26. The van der Waals surface area contributed by atoms with Gasteiger partial charge in [0.05, 0.1) is 21.5 Å². The summed E-state index contributed by atoms with van der Waals surface area (Å²) in [6.45, 7) is 12.2. The summed E-state index contributed by atoms with van der Waals surface area (Å²) in [5, 5.41) is 5.56. The van der Waals surface area contributed by atoms with Gasteiger partial charge in [0.2, 0.25) is 5.91 Å². The standard InChI is InChI=1S/C27H36ClFN4O4S/c1-17(2)14-32(16-27(3,4)5)21(13-30-26(36)22-8-9-23(28)38-22)25(35)31-20-7-6-18(12-19(20)29)33-10-11-37-15-24(33)34/h6-9,12,17,21H,10-11,13-16H2,1-5H3,(H,30,36)(H,31,35)/t21-/m1/s1. The van der Waals surface area contributed by atoms with Crippen molar-refractivity contribution in [3.8, 4) is 0 Å². The SMILES string of the molecule is CC(C)CN(CC(C)(C)C)[C@H](CNC(=O)c1ccc(Cl)s1)C(=O)Nc1ccc(N2CCOCC2=O)cc1F. The molecule has 8 nitrogen and oxygen atoms in total. The molecule has 3 rings (SSSR count). The highest BCUT2D eigenvalue weighted by Crippen LogP contribution is 2.25. The van der Waals surface area contributed by atoms with Gasteiger partial charge in [0.25, 0.3) is 11.8 Å². The molecular formula is C27H36ClFN4O4S. The summed E-state index contributed by atoms with van der Waals surface area (Å²) < 4.78 is 20.7. The second-order valence-corrected chi connectivity index (χ2v) is 12.7. The average molecular weight is 567 g/mol. The fourth-order valence-corrected chi connectivity index (χ4v) is 5.22. The minimum Gasteiger partial charge on any atom is -0.370 e. The van der Waals surface area contributed by atoms with Crippen molar-refractivity contribution in [1.82, 2.24) is 10.2 Å². The second kappa shape index (κ2) is 13.0. The van der Waals surface area contributed by atoms with E-state index in [1.54, 1.807) is 18.2 Å². The molecule has 1 atom stereocenters. The molecular weight excluding hydrogens is 531 g/mol. The Bertz CT molecular complexity index is 1150. The van der Waals surface area contributed by atoms with Gasteiger partial charge in [-0.15, -0.1) is 11.3 Å². The summed E-state index contributed by atoms with van der Waals surface area (Å²) in [6, 6.07) is 6.81. The first kappa shape index (κ1) is 30.0. The lowest BCUT2D eigenvalue weighted by Crippen LogP contribution is -2.53. The molecule has 0 unspecified atom stereocenters. The lowest BCUT2D eigenvalue weighted by atomic mass is 9.94. The number of anilines is 2. The van der Waals surface area contributed by atoms with Gasteiger partial charge >= 0.3 is 0 Å². The normalized spacial score (nSPS) is 15.2. The zero-order chi connectivity index (χ0) is 28.0. The van der Waals surface area contributed by atoms with Crippen molar-refractivity contribution in [2.24, 2.45) is 11.3 Å². The van der Waals surface area contributed by atoms with E-state index in [9.17, 15) is 14.4 Å². The van der Waals surface area contributed by atoms with Crippen molar-refractivity contribution in [2.45, 2.75) is 40.7 Å². The van der Waals surface area contributed by atoms with Crippen LogP contribution in [0.3, 0.4) is 0 Å². The van der Waals surface area contributed by atoms with Crippen LogP contribution in [0.2, 0.25) is 4.34 Å². The Morgan fingerprint density at radius 3 is 2.55 bits per heavy atom. The first-order valence-corrected chi connectivity index (χ1v) is 13.8. The van der Waals surface area contributed by atoms with Crippen LogP contribution in [-0.2, 0) is 14.3 Å². The molecule has 1 aliphatic rings. The number of amides is 3. The van der Waals surface area contributed by atoms with E-state index in [4.69, 9.17) is 16.3 Å². The van der Waals surface area contributed by atoms with Crippen LogP contribution in [0.4, 0.5) is 15.8 Å². The third kappa shape index (κ3) is 8.49. The summed E-state index contributed by atoms with van der Waals surface area (Å²) in [7, 11) is 0. The summed E-state index contributed by atoms with van der Waals surface area (Å²) in [5.74, 6) is -1.42. The van der Waals surface area contributed by atoms with Gasteiger partial charge in [-0.25, -0.2) is 4.39 Å². The molecule has 1 saturated heterocycles. The lowest BCUT2D eigenvalue weighted by molar-refractivity contribution is -0.125. The Morgan fingerprint density at radius 1 is 1.24 bits per heavy atom. The predicted molar refractivity (Wildman–Crippen MR) is 150 cm³/mol. The monoisotopic (exact) mass is 566 g/mol. The molecule has 208 valence electrons. The van der Waals surface area contributed by atoms with Crippen molar-refractivity contribution in [1.29, 1.82) is 0 Å². The molecule has 1 aromatic carbocycles. The van der Waals surface area contributed by atoms with Gasteiger partial charge in [0, 0.05) is 31.9 Å². The number of hydrogen-bond acceptors (Lipinski definition) is 6. The molecule has 11 heteroatoms. The first-order valence-electron chi connectivity index (χ1n) is 12.6. The molecule has 2 aromatic rings. The average Bonchev–Trinajstić information content (AvgIpc) is 3.25. The van der Waals surface area contributed by atoms with E-state index in [0.29, 0.717) is 41.1 Å². The maximum atomic E-state index is 15.1. The van der Waals surface area contributed by atoms with Gasteiger partial charge in [-0.2, -0.15) is 0 Å². The van der Waals surface area contributed by atoms with Crippen LogP contribution < -0.4 is 15.5 Å². The van der Waals surface area contributed by atoms with E-state index < -0.39 is 17.8 Å². The summed E-state index contributed by atoms with van der Waals surface area (Å²) in [5.41, 5.74) is 0.276. The Labute approximate surface area is 232 Å². The van der Waals surface area contributed by atoms with Crippen molar-refractivity contribution in [3.05, 3.63) is 45.4 Å². The molecule has 0 bridgehead atoms. The number of nitrogens with one attached hydrogen (secondary N) is 2. The Hall–Kier alpha value is -2.53. The molecule has 0 spiro atoms. The molecule has 0 aliphatic carbocycles. The molecule has 2 N–H and O–H groups in total. The van der Waals surface area contributed by atoms with Gasteiger partial charge in [-0.3, -0.25) is 19.3 Å². The number of rotatable bonds is 10. The van der Waals surface area contributed by atoms with Crippen LogP contribution in [0.15, 0.2) is 30.3 Å². The van der Waals surface area contributed by atoms with Gasteiger partial charge in [-0.05, 0) is 41.7 Å². The number of carbonyl (C=O) groups is 3. The van der Waals surface area contributed by atoms with Gasteiger partial charge in [-0.1, -0.05) is 46.2 Å². The van der Waals surface area contributed by atoms with Crippen LogP contribution in [-0.4, -0.2) is 68.1 Å². The summed E-state index contributed by atoms with van der Waals surface area (Å²) >= 11 is 7.13. The molecule has 0 radical (unpaired) electrons. The number of benzene rings is 1. The third-order valence-corrected chi connectivity index (χ3v) is 7.01. The molecule has 2 heterocycles. The van der Waals surface area contributed by atoms with Crippen molar-refractivity contribution < 1.29 is 23.5 Å². The molecule has 3 amide bonds.